The van der Waals surface area contributed by atoms with E-state index < -0.39 is 0 Å². The maximum atomic E-state index is 12.8. The number of halogens is 3. The van der Waals surface area contributed by atoms with Crippen molar-refractivity contribution in [3.05, 3.63) is 120 Å². The molecule has 8 nitrogen and oxygen atoms in total. The molecule has 0 unspecified atom stereocenters. The molecule has 1 heterocycles. The van der Waals surface area contributed by atoms with Crippen LogP contribution >= 0.6 is 54.8 Å². The van der Waals surface area contributed by atoms with Crippen molar-refractivity contribution in [2.75, 3.05) is 17.2 Å². The summed E-state index contributed by atoms with van der Waals surface area (Å²) in [7, 11) is 0. The summed E-state index contributed by atoms with van der Waals surface area (Å²) in [6.07, 6.45) is 1.46. The molecule has 0 fully saturated rings. The minimum absolute atomic E-state index is 0.217. The third kappa shape index (κ3) is 8.79. The average molecular weight is 768 g/mol. The number of anilines is 3. The summed E-state index contributed by atoms with van der Waals surface area (Å²) < 4.78 is 7.24. The average Bonchev–Trinajstić information content (AvgIpc) is 3.47. The zero-order chi connectivity index (χ0) is 31.9. The number of hydrazone groups is 1. The SMILES string of the molecule is Cc1ccc(NC(=O)COc2c(Br)cc(Br)cc2/C=N\NC(=O)c2ccc(-c3csc(Nc4ccc(Cl)cc4)n3)cc2)c(C)c1. The lowest BCUT2D eigenvalue weighted by Crippen LogP contribution is -2.21. The molecule has 0 aliphatic heterocycles. The molecule has 1 aromatic heterocycles. The smallest absolute Gasteiger partial charge is 0.271 e. The normalized spacial score (nSPS) is 11.0. The number of aromatic nitrogens is 1. The molecule has 0 saturated carbocycles. The van der Waals surface area contributed by atoms with Crippen molar-refractivity contribution in [3.8, 4) is 17.0 Å². The molecule has 0 spiro atoms. The van der Waals surface area contributed by atoms with Crippen molar-refractivity contribution >= 4 is 89.3 Å². The van der Waals surface area contributed by atoms with Gasteiger partial charge in [0, 0.05) is 42.9 Å². The number of benzene rings is 4. The van der Waals surface area contributed by atoms with E-state index in [0.717, 1.165) is 43.4 Å². The van der Waals surface area contributed by atoms with Crippen LogP contribution in [0.5, 0.6) is 5.75 Å². The molecule has 12 heteroatoms. The molecule has 5 aromatic rings. The van der Waals surface area contributed by atoms with Gasteiger partial charge in [0.05, 0.1) is 16.4 Å². The molecule has 0 saturated heterocycles. The Morgan fingerprint density at radius 1 is 1.00 bits per heavy atom. The number of nitrogens with one attached hydrogen (secondary N) is 3. The Morgan fingerprint density at radius 3 is 2.49 bits per heavy atom. The highest BCUT2D eigenvalue weighted by Gasteiger charge is 2.13. The number of rotatable bonds is 10. The Balaban J connectivity index is 1.19. The second-order valence-corrected chi connectivity index (χ2v) is 13.0. The standard InChI is InChI=1S/C33H26Br2ClN5O3S/c1-19-3-12-28(20(2)13-19)39-30(42)17-44-31-23(14-24(34)15-27(31)35)16-37-41-32(43)22-6-4-21(5-7-22)29-18-45-33(40-29)38-26-10-8-25(36)9-11-26/h3-16,18H,17H2,1-2H3,(H,38,40)(H,39,42)(H,41,43)/b37-16-. The first kappa shape index (κ1) is 32.4. The van der Waals surface area contributed by atoms with Crippen molar-refractivity contribution in [2.45, 2.75) is 13.8 Å². The van der Waals surface area contributed by atoms with E-state index in [1.807, 2.05) is 73.8 Å². The van der Waals surface area contributed by atoms with Gasteiger partial charge in [0.25, 0.3) is 11.8 Å². The number of thiazole rings is 1. The fourth-order valence-corrected chi connectivity index (χ4v) is 6.48. The summed E-state index contributed by atoms with van der Waals surface area (Å²) in [6.45, 7) is 3.71. The molecule has 3 N–H and O–H groups in total. The largest absolute Gasteiger partial charge is 0.482 e. The third-order valence-corrected chi connectivity index (χ3v) is 8.51. The third-order valence-electron chi connectivity index (χ3n) is 6.45. The zero-order valence-electron chi connectivity index (χ0n) is 24.0. The van der Waals surface area contributed by atoms with Crippen molar-refractivity contribution in [1.29, 1.82) is 0 Å². The number of aryl methyl sites for hydroxylation is 2. The maximum absolute atomic E-state index is 12.8. The summed E-state index contributed by atoms with van der Waals surface area (Å²) in [4.78, 5) is 30.1. The summed E-state index contributed by atoms with van der Waals surface area (Å²) >= 11 is 14.4. The lowest BCUT2D eigenvalue weighted by atomic mass is 10.1. The van der Waals surface area contributed by atoms with Crippen LogP contribution in [-0.2, 0) is 4.79 Å². The number of carbonyl (C=O) groups excluding carboxylic acids is 2. The molecule has 228 valence electrons. The van der Waals surface area contributed by atoms with Gasteiger partial charge >= 0.3 is 0 Å². The molecule has 4 aromatic carbocycles. The molecule has 0 radical (unpaired) electrons. The Kier molecular flexibility index (Phi) is 10.7. The van der Waals surface area contributed by atoms with E-state index in [0.29, 0.717) is 26.4 Å². The fourth-order valence-electron chi connectivity index (χ4n) is 4.24. The van der Waals surface area contributed by atoms with Crippen LogP contribution in [0, 0.1) is 13.8 Å². The Labute approximate surface area is 286 Å². The van der Waals surface area contributed by atoms with Crippen LogP contribution in [0.1, 0.15) is 27.0 Å². The van der Waals surface area contributed by atoms with Gasteiger partial charge in [-0.1, -0.05) is 57.4 Å². The monoisotopic (exact) mass is 765 g/mol. The zero-order valence-corrected chi connectivity index (χ0v) is 28.8. The predicted molar refractivity (Wildman–Crippen MR) is 189 cm³/mol. The van der Waals surface area contributed by atoms with E-state index in [2.05, 4.69) is 58.0 Å². The van der Waals surface area contributed by atoms with Gasteiger partial charge in [-0.05, 0) is 89.9 Å². The van der Waals surface area contributed by atoms with Crippen LogP contribution in [0.25, 0.3) is 11.3 Å². The summed E-state index contributed by atoms with van der Waals surface area (Å²) in [5.41, 5.74) is 8.89. The van der Waals surface area contributed by atoms with E-state index in [4.69, 9.17) is 16.3 Å². The molecule has 45 heavy (non-hydrogen) atoms. The highest BCUT2D eigenvalue weighted by atomic mass is 79.9. The quantitative estimate of drug-likeness (QED) is 0.0972. The second-order valence-electron chi connectivity index (χ2n) is 9.91. The number of ether oxygens (including phenoxy) is 1. The van der Waals surface area contributed by atoms with Crippen LogP contribution in [0.2, 0.25) is 5.02 Å². The van der Waals surface area contributed by atoms with Crippen molar-refractivity contribution in [3.63, 3.8) is 0 Å². The van der Waals surface area contributed by atoms with E-state index >= 15 is 0 Å². The lowest BCUT2D eigenvalue weighted by Gasteiger charge is -2.13. The molecule has 0 atom stereocenters. The van der Waals surface area contributed by atoms with Gasteiger partial charge in [-0.25, -0.2) is 10.4 Å². The van der Waals surface area contributed by atoms with Gasteiger partial charge in [0.1, 0.15) is 5.75 Å². The van der Waals surface area contributed by atoms with E-state index in [1.165, 1.54) is 17.6 Å². The van der Waals surface area contributed by atoms with Crippen molar-refractivity contribution in [2.24, 2.45) is 5.10 Å². The summed E-state index contributed by atoms with van der Waals surface area (Å²) in [6, 6.07) is 23.9. The van der Waals surface area contributed by atoms with E-state index in [9.17, 15) is 9.59 Å². The van der Waals surface area contributed by atoms with Crippen LogP contribution in [0.3, 0.4) is 0 Å². The maximum Gasteiger partial charge on any atom is 0.271 e. The topological polar surface area (TPSA) is 105 Å². The van der Waals surface area contributed by atoms with Crippen molar-refractivity contribution in [1.82, 2.24) is 10.4 Å². The molecular formula is C33H26Br2ClN5O3S. The van der Waals surface area contributed by atoms with Gasteiger partial charge in [0.2, 0.25) is 0 Å². The minimum atomic E-state index is -0.384. The molecule has 0 aliphatic rings. The fraction of sp³-hybridized carbons (Fsp3) is 0.0909. The van der Waals surface area contributed by atoms with Gasteiger partial charge in [0.15, 0.2) is 11.7 Å². The van der Waals surface area contributed by atoms with E-state index in [1.54, 1.807) is 24.3 Å². The highest BCUT2D eigenvalue weighted by Crippen LogP contribution is 2.32. The van der Waals surface area contributed by atoms with Crippen LogP contribution < -0.4 is 20.8 Å². The van der Waals surface area contributed by atoms with Gasteiger partial charge in [-0.15, -0.1) is 11.3 Å². The summed E-state index contributed by atoms with van der Waals surface area (Å²) in [5.74, 6) is -0.279. The minimum Gasteiger partial charge on any atom is -0.482 e. The Hall–Kier alpha value is -4.03. The lowest BCUT2D eigenvalue weighted by molar-refractivity contribution is -0.118. The number of amides is 2. The van der Waals surface area contributed by atoms with Gasteiger partial charge < -0.3 is 15.4 Å². The first-order chi connectivity index (χ1) is 21.6. The summed E-state index contributed by atoms with van der Waals surface area (Å²) in [5, 5.41) is 13.6. The Bertz CT molecular complexity index is 1880. The number of hydrogen-bond donors (Lipinski definition) is 3. The van der Waals surface area contributed by atoms with Gasteiger partial charge in [-0.3, -0.25) is 9.59 Å². The Morgan fingerprint density at radius 2 is 1.76 bits per heavy atom. The molecule has 0 aliphatic carbocycles. The highest BCUT2D eigenvalue weighted by molar-refractivity contribution is 9.11. The van der Waals surface area contributed by atoms with Gasteiger partial charge in [-0.2, -0.15) is 5.10 Å². The molecule has 2 amide bonds. The second kappa shape index (κ2) is 14.8. The first-order valence-electron chi connectivity index (χ1n) is 13.6. The predicted octanol–water partition coefficient (Wildman–Crippen LogP) is 9.13. The molecule has 0 bridgehead atoms. The number of hydrogen-bond acceptors (Lipinski definition) is 7. The number of nitrogens with zero attached hydrogens (tertiary/aromatic N) is 2. The molecular weight excluding hydrogens is 742 g/mol. The van der Waals surface area contributed by atoms with Crippen LogP contribution in [0.15, 0.2) is 98.3 Å². The molecule has 5 rings (SSSR count). The first-order valence-corrected chi connectivity index (χ1v) is 16.4. The van der Waals surface area contributed by atoms with E-state index in [-0.39, 0.29) is 18.4 Å². The van der Waals surface area contributed by atoms with Crippen LogP contribution in [-0.4, -0.2) is 29.6 Å². The number of carbonyl (C=O) groups is 2. The van der Waals surface area contributed by atoms with Crippen LogP contribution in [0.4, 0.5) is 16.5 Å². The van der Waals surface area contributed by atoms with Crippen molar-refractivity contribution < 1.29 is 14.3 Å².